The first-order valence-corrected chi connectivity index (χ1v) is 9.62. The van der Waals surface area contributed by atoms with Crippen LogP contribution >= 0.6 is 0 Å². The number of aromatic nitrogens is 4. The maximum absolute atomic E-state index is 5.55. The molecule has 0 amide bonds. The molecule has 1 aliphatic heterocycles. The van der Waals surface area contributed by atoms with Crippen LogP contribution < -0.4 is 0 Å². The van der Waals surface area contributed by atoms with E-state index in [-0.39, 0.29) is 0 Å². The molecular formula is C21H25N5O. The number of rotatable bonds is 5. The van der Waals surface area contributed by atoms with E-state index in [1.165, 1.54) is 0 Å². The molecule has 1 saturated heterocycles. The summed E-state index contributed by atoms with van der Waals surface area (Å²) in [6, 6.07) is 12.0. The molecule has 1 fully saturated rings. The molecule has 27 heavy (non-hydrogen) atoms. The highest BCUT2D eigenvalue weighted by Gasteiger charge is 2.25. The number of nitrogens with zero attached hydrogens (tertiary/aromatic N) is 5. The minimum atomic E-state index is 0.336. The predicted molar refractivity (Wildman–Crippen MR) is 103 cm³/mol. The van der Waals surface area contributed by atoms with Crippen molar-refractivity contribution in [2.24, 2.45) is 0 Å². The van der Waals surface area contributed by atoms with E-state index in [0.29, 0.717) is 17.7 Å². The van der Waals surface area contributed by atoms with Crippen LogP contribution in [0.3, 0.4) is 0 Å². The lowest BCUT2D eigenvalue weighted by atomic mass is 9.96. The van der Waals surface area contributed by atoms with Crippen LogP contribution in [0.25, 0.3) is 11.4 Å². The SMILES string of the molecule is CC(C)c1nccc(CN2CCC(c3nc(-c4ccccc4)no3)CC2)n1. The van der Waals surface area contributed by atoms with Crippen molar-refractivity contribution < 1.29 is 4.52 Å². The molecular weight excluding hydrogens is 338 g/mol. The summed E-state index contributed by atoms with van der Waals surface area (Å²) in [5.74, 6) is 3.05. The largest absolute Gasteiger partial charge is 0.339 e. The third-order valence-electron chi connectivity index (χ3n) is 5.04. The average molecular weight is 363 g/mol. The molecule has 3 heterocycles. The summed E-state index contributed by atoms with van der Waals surface area (Å²) < 4.78 is 5.55. The molecule has 0 aliphatic carbocycles. The molecule has 2 aromatic heterocycles. The number of piperidine rings is 1. The summed E-state index contributed by atoms with van der Waals surface area (Å²) in [4.78, 5) is 16.1. The highest BCUT2D eigenvalue weighted by atomic mass is 16.5. The second-order valence-electron chi connectivity index (χ2n) is 7.43. The lowest BCUT2D eigenvalue weighted by Crippen LogP contribution is -2.33. The third kappa shape index (κ3) is 4.22. The van der Waals surface area contributed by atoms with Crippen LogP contribution in [0.15, 0.2) is 47.1 Å². The summed E-state index contributed by atoms with van der Waals surface area (Å²) in [7, 11) is 0. The summed E-state index contributed by atoms with van der Waals surface area (Å²) in [6.07, 6.45) is 3.92. The molecule has 0 atom stereocenters. The van der Waals surface area contributed by atoms with Gasteiger partial charge < -0.3 is 4.52 Å². The molecule has 6 nitrogen and oxygen atoms in total. The number of likely N-dealkylation sites (tertiary alicyclic amines) is 1. The van der Waals surface area contributed by atoms with E-state index >= 15 is 0 Å². The van der Waals surface area contributed by atoms with Crippen LogP contribution in [0, 0.1) is 0 Å². The first kappa shape index (κ1) is 17.8. The maximum atomic E-state index is 5.55. The molecule has 1 aliphatic rings. The van der Waals surface area contributed by atoms with Gasteiger partial charge in [0.15, 0.2) is 0 Å². The molecule has 6 heteroatoms. The van der Waals surface area contributed by atoms with E-state index in [9.17, 15) is 0 Å². The van der Waals surface area contributed by atoms with Crippen molar-refractivity contribution in [3.05, 3.63) is 60.0 Å². The van der Waals surface area contributed by atoms with Gasteiger partial charge in [-0.2, -0.15) is 4.98 Å². The Hall–Kier alpha value is -2.60. The summed E-state index contributed by atoms with van der Waals surface area (Å²) in [6.45, 7) is 7.13. The Morgan fingerprint density at radius 1 is 1.07 bits per heavy atom. The lowest BCUT2D eigenvalue weighted by molar-refractivity contribution is 0.186. The molecule has 1 aromatic carbocycles. The van der Waals surface area contributed by atoms with E-state index < -0.39 is 0 Å². The summed E-state index contributed by atoms with van der Waals surface area (Å²) in [5, 5.41) is 4.16. The highest BCUT2D eigenvalue weighted by Crippen LogP contribution is 2.29. The zero-order valence-electron chi connectivity index (χ0n) is 15.9. The van der Waals surface area contributed by atoms with Gasteiger partial charge in [-0.15, -0.1) is 0 Å². The van der Waals surface area contributed by atoms with E-state index in [2.05, 4.69) is 38.9 Å². The van der Waals surface area contributed by atoms with Crippen LogP contribution in [0.2, 0.25) is 0 Å². The Balaban J connectivity index is 1.35. The van der Waals surface area contributed by atoms with Crippen molar-refractivity contribution in [1.82, 2.24) is 25.0 Å². The molecule has 0 radical (unpaired) electrons. The standard InChI is InChI=1S/C21H25N5O/c1-15(2)19-22-11-8-18(23-19)14-26-12-9-17(10-13-26)21-24-20(25-27-21)16-6-4-3-5-7-16/h3-8,11,15,17H,9-10,12-14H2,1-2H3. The van der Waals surface area contributed by atoms with Gasteiger partial charge in [0.2, 0.25) is 11.7 Å². The fraction of sp³-hybridized carbons (Fsp3) is 0.429. The Labute approximate surface area is 159 Å². The van der Waals surface area contributed by atoms with Gasteiger partial charge in [-0.1, -0.05) is 49.3 Å². The third-order valence-corrected chi connectivity index (χ3v) is 5.04. The fourth-order valence-electron chi connectivity index (χ4n) is 3.45. The fourth-order valence-corrected chi connectivity index (χ4v) is 3.45. The Morgan fingerprint density at radius 2 is 1.85 bits per heavy atom. The van der Waals surface area contributed by atoms with Gasteiger partial charge in [0.25, 0.3) is 0 Å². The Bertz CT molecular complexity index is 869. The molecule has 140 valence electrons. The average Bonchev–Trinajstić information content (AvgIpc) is 3.20. The van der Waals surface area contributed by atoms with Crippen molar-refractivity contribution in [2.75, 3.05) is 13.1 Å². The quantitative estimate of drug-likeness (QED) is 0.682. The van der Waals surface area contributed by atoms with Gasteiger partial charge in [0.1, 0.15) is 5.82 Å². The first-order chi connectivity index (χ1) is 13.2. The van der Waals surface area contributed by atoms with Crippen LogP contribution in [-0.2, 0) is 6.54 Å². The zero-order valence-corrected chi connectivity index (χ0v) is 15.9. The van der Waals surface area contributed by atoms with Gasteiger partial charge in [-0.3, -0.25) is 4.90 Å². The van der Waals surface area contributed by atoms with E-state index in [1.807, 2.05) is 42.6 Å². The van der Waals surface area contributed by atoms with Gasteiger partial charge in [-0.05, 0) is 32.0 Å². The maximum Gasteiger partial charge on any atom is 0.230 e. The lowest BCUT2D eigenvalue weighted by Gasteiger charge is -2.30. The first-order valence-electron chi connectivity index (χ1n) is 9.62. The van der Waals surface area contributed by atoms with Crippen LogP contribution in [-0.4, -0.2) is 38.1 Å². The zero-order chi connectivity index (χ0) is 18.6. The molecule has 0 N–H and O–H groups in total. The summed E-state index contributed by atoms with van der Waals surface area (Å²) >= 11 is 0. The van der Waals surface area contributed by atoms with E-state index in [4.69, 9.17) is 4.52 Å². The second-order valence-corrected chi connectivity index (χ2v) is 7.43. The van der Waals surface area contributed by atoms with Gasteiger partial charge in [0.05, 0.1) is 5.69 Å². The van der Waals surface area contributed by atoms with Crippen molar-refractivity contribution in [2.45, 2.75) is 45.1 Å². The smallest absolute Gasteiger partial charge is 0.230 e. The topological polar surface area (TPSA) is 67.9 Å². The normalized spacial score (nSPS) is 16.1. The highest BCUT2D eigenvalue weighted by molar-refractivity contribution is 5.53. The minimum Gasteiger partial charge on any atom is -0.339 e. The molecule has 3 aromatic rings. The van der Waals surface area contributed by atoms with Crippen molar-refractivity contribution in [1.29, 1.82) is 0 Å². The number of benzene rings is 1. The van der Waals surface area contributed by atoms with Gasteiger partial charge >= 0.3 is 0 Å². The van der Waals surface area contributed by atoms with Crippen molar-refractivity contribution in [3.8, 4) is 11.4 Å². The molecule has 0 unspecified atom stereocenters. The Kier molecular flexibility index (Phi) is 5.25. The Morgan fingerprint density at radius 3 is 2.59 bits per heavy atom. The van der Waals surface area contributed by atoms with Crippen molar-refractivity contribution in [3.63, 3.8) is 0 Å². The number of hydrogen-bond donors (Lipinski definition) is 0. The van der Waals surface area contributed by atoms with Gasteiger partial charge in [-0.25, -0.2) is 9.97 Å². The van der Waals surface area contributed by atoms with Gasteiger partial charge in [0, 0.05) is 30.1 Å². The van der Waals surface area contributed by atoms with Crippen LogP contribution in [0.4, 0.5) is 0 Å². The monoisotopic (exact) mass is 363 g/mol. The van der Waals surface area contributed by atoms with Crippen LogP contribution in [0.1, 0.15) is 55.9 Å². The van der Waals surface area contributed by atoms with Crippen LogP contribution in [0.5, 0.6) is 0 Å². The minimum absolute atomic E-state index is 0.336. The number of hydrogen-bond acceptors (Lipinski definition) is 6. The van der Waals surface area contributed by atoms with E-state index in [0.717, 1.165) is 55.4 Å². The molecule has 0 saturated carbocycles. The predicted octanol–water partition coefficient (Wildman–Crippen LogP) is 4.03. The molecule has 0 spiro atoms. The second kappa shape index (κ2) is 7.96. The molecule has 4 rings (SSSR count). The summed E-state index contributed by atoms with van der Waals surface area (Å²) in [5.41, 5.74) is 2.09. The van der Waals surface area contributed by atoms with E-state index in [1.54, 1.807) is 0 Å². The van der Waals surface area contributed by atoms with Crippen molar-refractivity contribution >= 4 is 0 Å². The molecule has 0 bridgehead atoms.